The molecule has 0 amide bonds. The molecular weight excluding hydrogens is 192 g/mol. The minimum absolute atomic E-state index is 0.297. The number of nitrogens with zero attached hydrogens (tertiary/aromatic N) is 2. The second-order valence-electron chi connectivity index (χ2n) is 4.42. The molecule has 14 heavy (non-hydrogen) atoms. The second kappa shape index (κ2) is 4.55. The van der Waals surface area contributed by atoms with Crippen molar-refractivity contribution in [1.29, 1.82) is 5.26 Å². The first-order chi connectivity index (χ1) is 6.83. The van der Waals surface area contributed by atoms with Crippen LogP contribution in [0, 0.1) is 17.2 Å². The number of rotatable bonds is 2. The lowest BCUT2D eigenvalue weighted by atomic mass is 10.0. The Labute approximate surface area is 90.7 Å². The van der Waals surface area contributed by atoms with Gasteiger partial charge in [0.1, 0.15) is 0 Å². The van der Waals surface area contributed by atoms with Gasteiger partial charge < -0.3 is 0 Å². The van der Waals surface area contributed by atoms with E-state index >= 15 is 0 Å². The highest BCUT2D eigenvalue weighted by Crippen LogP contribution is 2.32. The van der Waals surface area contributed by atoms with Crippen molar-refractivity contribution in [1.82, 2.24) is 4.90 Å². The van der Waals surface area contributed by atoms with Gasteiger partial charge in [-0.1, -0.05) is 6.42 Å². The number of thioether (sulfide) groups is 1. The van der Waals surface area contributed by atoms with Gasteiger partial charge >= 0.3 is 0 Å². The minimum Gasteiger partial charge on any atom is -0.298 e. The van der Waals surface area contributed by atoms with Gasteiger partial charge in [-0.2, -0.15) is 17.0 Å². The molecule has 1 aliphatic carbocycles. The Morgan fingerprint density at radius 3 is 2.86 bits per heavy atom. The summed E-state index contributed by atoms with van der Waals surface area (Å²) in [5.41, 5.74) is 0. The molecule has 3 unspecified atom stereocenters. The Bertz CT molecular complexity index is 230. The highest BCUT2D eigenvalue weighted by atomic mass is 32.2. The van der Waals surface area contributed by atoms with Gasteiger partial charge in [-0.3, -0.25) is 4.90 Å². The molecule has 0 N–H and O–H groups in total. The molecule has 1 saturated carbocycles. The van der Waals surface area contributed by atoms with Crippen LogP contribution in [0.1, 0.15) is 25.7 Å². The van der Waals surface area contributed by atoms with Crippen LogP contribution in [0.5, 0.6) is 0 Å². The maximum atomic E-state index is 9.05. The van der Waals surface area contributed by atoms with Crippen molar-refractivity contribution in [2.24, 2.45) is 5.92 Å². The Kier molecular flexibility index (Phi) is 3.35. The molecule has 0 bridgehead atoms. The van der Waals surface area contributed by atoms with Crippen LogP contribution in [-0.2, 0) is 0 Å². The summed E-state index contributed by atoms with van der Waals surface area (Å²) in [5, 5.41) is 9.05. The lowest BCUT2D eigenvalue weighted by Gasteiger charge is -2.31. The Balaban J connectivity index is 1.96. The van der Waals surface area contributed by atoms with Crippen molar-refractivity contribution in [2.45, 2.75) is 37.8 Å². The lowest BCUT2D eigenvalue weighted by molar-refractivity contribution is 0.170. The second-order valence-corrected chi connectivity index (χ2v) is 5.57. The van der Waals surface area contributed by atoms with Crippen molar-refractivity contribution in [3.8, 4) is 6.07 Å². The lowest BCUT2D eigenvalue weighted by Crippen LogP contribution is -2.41. The molecule has 1 heterocycles. The van der Waals surface area contributed by atoms with Crippen molar-refractivity contribution < 1.29 is 0 Å². The van der Waals surface area contributed by atoms with Gasteiger partial charge in [0.05, 0.1) is 12.0 Å². The zero-order valence-corrected chi connectivity index (χ0v) is 9.59. The molecular formula is C11H18N2S. The average molecular weight is 210 g/mol. The van der Waals surface area contributed by atoms with E-state index < -0.39 is 0 Å². The third-order valence-electron chi connectivity index (χ3n) is 3.65. The van der Waals surface area contributed by atoms with E-state index in [0.717, 1.165) is 12.5 Å². The van der Waals surface area contributed by atoms with Crippen LogP contribution in [0.25, 0.3) is 0 Å². The molecule has 2 aliphatic rings. The van der Waals surface area contributed by atoms with E-state index in [1.54, 1.807) is 0 Å². The largest absolute Gasteiger partial charge is 0.298 e. The van der Waals surface area contributed by atoms with Crippen molar-refractivity contribution in [3.05, 3.63) is 0 Å². The summed E-state index contributed by atoms with van der Waals surface area (Å²) < 4.78 is 0. The molecule has 0 aromatic heterocycles. The van der Waals surface area contributed by atoms with E-state index in [0.29, 0.717) is 12.0 Å². The van der Waals surface area contributed by atoms with E-state index in [4.69, 9.17) is 5.26 Å². The quantitative estimate of drug-likeness (QED) is 0.698. The SMILES string of the molecule is CN(C1CCSC1)C1CCCC1C#N. The highest BCUT2D eigenvalue weighted by Gasteiger charge is 2.34. The monoisotopic (exact) mass is 210 g/mol. The molecule has 3 heteroatoms. The van der Waals surface area contributed by atoms with E-state index in [1.165, 1.54) is 30.8 Å². The van der Waals surface area contributed by atoms with Crippen LogP contribution in [0.3, 0.4) is 0 Å². The first kappa shape index (κ1) is 10.3. The number of hydrogen-bond donors (Lipinski definition) is 0. The normalized spacial score (nSPS) is 37.6. The first-order valence-electron chi connectivity index (χ1n) is 5.52. The molecule has 2 rings (SSSR count). The third kappa shape index (κ3) is 1.92. The zero-order valence-electron chi connectivity index (χ0n) is 8.78. The molecule has 3 atom stereocenters. The zero-order chi connectivity index (χ0) is 9.97. The maximum absolute atomic E-state index is 9.05. The van der Waals surface area contributed by atoms with E-state index in [1.807, 2.05) is 0 Å². The van der Waals surface area contributed by atoms with Crippen molar-refractivity contribution in [3.63, 3.8) is 0 Å². The average Bonchev–Trinajstić information content (AvgIpc) is 2.87. The van der Waals surface area contributed by atoms with Gasteiger partial charge in [0.2, 0.25) is 0 Å². The smallest absolute Gasteiger partial charge is 0.0672 e. The van der Waals surface area contributed by atoms with Gasteiger partial charge in [-0.15, -0.1) is 0 Å². The third-order valence-corrected chi connectivity index (χ3v) is 4.79. The van der Waals surface area contributed by atoms with Crippen LogP contribution in [0.15, 0.2) is 0 Å². The van der Waals surface area contributed by atoms with Crippen LogP contribution >= 0.6 is 11.8 Å². The van der Waals surface area contributed by atoms with Gasteiger partial charge in [-0.05, 0) is 32.1 Å². The van der Waals surface area contributed by atoms with E-state index in [2.05, 4.69) is 29.8 Å². The number of nitriles is 1. The summed E-state index contributed by atoms with van der Waals surface area (Å²) in [6.07, 6.45) is 4.91. The standard InChI is InChI=1S/C11H18N2S/c1-13(10-5-6-14-8-10)11-4-2-3-9(11)7-12/h9-11H,2-6,8H2,1H3. The summed E-state index contributed by atoms with van der Waals surface area (Å²) in [6.45, 7) is 0. The van der Waals surface area contributed by atoms with Gasteiger partial charge in [0.15, 0.2) is 0 Å². The van der Waals surface area contributed by atoms with Gasteiger partial charge in [0, 0.05) is 17.8 Å². The molecule has 2 nitrogen and oxygen atoms in total. The van der Waals surface area contributed by atoms with Crippen molar-refractivity contribution in [2.75, 3.05) is 18.6 Å². The molecule has 0 aromatic rings. The molecule has 0 radical (unpaired) electrons. The fourth-order valence-electron chi connectivity index (χ4n) is 2.69. The Morgan fingerprint density at radius 1 is 1.36 bits per heavy atom. The summed E-state index contributed by atoms with van der Waals surface area (Å²) in [7, 11) is 2.22. The predicted octanol–water partition coefficient (Wildman–Crippen LogP) is 2.12. The molecule has 1 saturated heterocycles. The van der Waals surface area contributed by atoms with Gasteiger partial charge in [0.25, 0.3) is 0 Å². The van der Waals surface area contributed by atoms with Crippen LogP contribution < -0.4 is 0 Å². The Hall–Kier alpha value is -0.200. The number of hydrogen-bond acceptors (Lipinski definition) is 3. The molecule has 0 aromatic carbocycles. The summed E-state index contributed by atoms with van der Waals surface area (Å²) in [6, 6.07) is 3.75. The highest BCUT2D eigenvalue weighted by molar-refractivity contribution is 7.99. The van der Waals surface area contributed by atoms with Crippen LogP contribution in [-0.4, -0.2) is 35.5 Å². The maximum Gasteiger partial charge on any atom is 0.0672 e. The fourth-order valence-corrected chi connectivity index (χ4v) is 3.97. The minimum atomic E-state index is 0.297. The van der Waals surface area contributed by atoms with Gasteiger partial charge in [-0.25, -0.2) is 0 Å². The molecule has 78 valence electrons. The van der Waals surface area contributed by atoms with E-state index in [9.17, 15) is 0 Å². The van der Waals surface area contributed by atoms with Crippen LogP contribution in [0.2, 0.25) is 0 Å². The van der Waals surface area contributed by atoms with Crippen LogP contribution in [0.4, 0.5) is 0 Å². The summed E-state index contributed by atoms with van der Waals surface area (Å²) in [4.78, 5) is 2.49. The summed E-state index contributed by atoms with van der Waals surface area (Å²) in [5.74, 6) is 2.87. The fraction of sp³-hybridized carbons (Fsp3) is 0.909. The molecule has 2 fully saturated rings. The van der Waals surface area contributed by atoms with Crippen molar-refractivity contribution >= 4 is 11.8 Å². The topological polar surface area (TPSA) is 27.0 Å². The molecule has 1 aliphatic heterocycles. The molecule has 0 spiro atoms. The Morgan fingerprint density at radius 2 is 2.21 bits per heavy atom. The first-order valence-corrected chi connectivity index (χ1v) is 6.67. The summed E-state index contributed by atoms with van der Waals surface area (Å²) >= 11 is 2.05. The predicted molar refractivity (Wildman–Crippen MR) is 60.2 cm³/mol. The van der Waals surface area contributed by atoms with E-state index in [-0.39, 0.29) is 0 Å².